The smallest absolute Gasteiger partial charge is 0.323 e. The van der Waals surface area contributed by atoms with Gasteiger partial charge in [0, 0.05) is 5.69 Å². The highest BCUT2D eigenvalue weighted by atomic mass is 16.4. The summed E-state index contributed by atoms with van der Waals surface area (Å²) in [7, 11) is 0. The van der Waals surface area contributed by atoms with Gasteiger partial charge in [0.25, 0.3) is 0 Å². The molecule has 0 saturated heterocycles. The zero-order valence-corrected chi connectivity index (χ0v) is 8.06. The lowest BCUT2D eigenvalue weighted by Gasteiger charge is -1.95. The van der Waals surface area contributed by atoms with Crippen molar-refractivity contribution in [2.24, 2.45) is 0 Å². The Balaban J connectivity index is 2.43. The molecular weight excluding hydrogens is 182 g/mol. The van der Waals surface area contributed by atoms with Gasteiger partial charge in [-0.05, 0) is 19.9 Å². The maximum Gasteiger partial charge on any atom is 0.323 e. The Morgan fingerprint density at radius 2 is 2.29 bits per heavy atom. The second-order valence-corrected chi connectivity index (χ2v) is 3.12. The molecule has 14 heavy (non-hydrogen) atoms. The lowest BCUT2D eigenvalue weighted by atomic mass is 10.4. The summed E-state index contributed by atoms with van der Waals surface area (Å²) in [5.74, 6) is 0. The molecule has 0 bridgehead atoms. The standard InChI is InChI=1S/C9H11N3O2/c1-6-3-7(2)12(11-6)9-10-8(4-13)5-14-9/h3,5,13H,4H2,1-2H3. The Morgan fingerprint density at radius 1 is 1.50 bits per heavy atom. The van der Waals surface area contributed by atoms with Crippen molar-refractivity contribution < 1.29 is 9.52 Å². The first-order valence-corrected chi connectivity index (χ1v) is 4.29. The minimum absolute atomic E-state index is 0.122. The molecule has 0 saturated carbocycles. The first-order chi connectivity index (χ1) is 6.70. The highest BCUT2D eigenvalue weighted by Crippen LogP contribution is 2.11. The van der Waals surface area contributed by atoms with Crippen LogP contribution in [0.25, 0.3) is 6.01 Å². The minimum Gasteiger partial charge on any atom is -0.430 e. The Morgan fingerprint density at radius 3 is 2.79 bits per heavy atom. The van der Waals surface area contributed by atoms with E-state index in [-0.39, 0.29) is 6.61 Å². The number of aliphatic hydroxyl groups is 1. The number of aryl methyl sites for hydroxylation is 2. The summed E-state index contributed by atoms with van der Waals surface area (Å²) in [4.78, 5) is 4.06. The van der Waals surface area contributed by atoms with E-state index in [9.17, 15) is 0 Å². The molecule has 5 heteroatoms. The summed E-state index contributed by atoms with van der Waals surface area (Å²) >= 11 is 0. The van der Waals surface area contributed by atoms with Crippen LogP contribution in [0.4, 0.5) is 0 Å². The second kappa shape index (κ2) is 3.26. The van der Waals surface area contributed by atoms with Gasteiger partial charge < -0.3 is 9.52 Å². The second-order valence-electron chi connectivity index (χ2n) is 3.12. The maximum absolute atomic E-state index is 8.82. The van der Waals surface area contributed by atoms with Gasteiger partial charge in [0.05, 0.1) is 12.3 Å². The van der Waals surface area contributed by atoms with E-state index >= 15 is 0 Å². The molecule has 0 spiro atoms. The summed E-state index contributed by atoms with van der Waals surface area (Å²) in [5.41, 5.74) is 2.37. The third-order valence-electron chi connectivity index (χ3n) is 1.89. The summed E-state index contributed by atoms with van der Waals surface area (Å²) in [6.07, 6.45) is 1.42. The van der Waals surface area contributed by atoms with E-state index in [0.29, 0.717) is 11.7 Å². The molecule has 0 atom stereocenters. The lowest BCUT2D eigenvalue weighted by Crippen LogP contribution is -1.99. The molecule has 0 radical (unpaired) electrons. The molecule has 0 fully saturated rings. The summed E-state index contributed by atoms with van der Waals surface area (Å²) < 4.78 is 6.77. The van der Waals surface area contributed by atoms with Crippen LogP contribution >= 0.6 is 0 Å². The average Bonchev–Trinajstić information content (AvgIpc) is 2.71. The predicted molar refractivity (Wildman–Crippen MR) is 49.0 cm³/mol. The van der Waals surface area contributed by atoms with Crippen LogP contribution < -0.4 is 0 Å². The van der Waals surface area contributed by atoms with Crippen LogP contribution in [0.2, 0.25) is 0 Å². The molecule has 74 valence electrons. The third-order valence-corrected chi connectivity index (χ3v) is 1.89. The van der Waals surface area contributed by atoms with Crippen LogP contribution in [-0.4, -0.2) is 19.9 Å². The zero-order chi connectivity index (χ0) is 10.1. The van der Waals surface area contributed by atoms with Crippen LogP contribution in [0.1, 0.15) is 17.1 Å². The number of aromatic nitrogens is 3. The van der Waals surface area contributed by atoms with Crippen molar-refractivity contribution in [3.63, 3.8) is 0 Å². The number of oxazole rings is 1. The van der Waals surface area contributed by atoms with E-state index in [0.717, 1.165) is 11.4 Å². The minimum atomic E-state index is -0.122. The van der Waals surface area contributed by atoms with Gasteiger partial charge in [-0.25, -0.2) is 0 Å². The van der Waals surface area contributed by atoms with E-state index in [2.05, 4.69) is 10.1 Å². The van der Waals surface area contributed by atoms with Crippen molar-refractivity contribution in [3.8, 4) is 6.01 Å². The van der Waals surface area contributed by atoms with Crippen molar-refractivity contribution in [1.82, 2.24) is 14.8 Å². The third kappa shape index (κ3) is 1.42. The fourth-order valence-corrected chi connectivity index (χ4v) is 1.29. The molecule has 0 amide bonds. The SMILES string of the molecule is Cc1cc(C)n(-c2nc(CO)co2)n1. The van der Waals surface area contributed by atoms with Gasteiger partial charge in [0.2, 0.25) is 0 Å². The van der Waals surface area contributed by atoms with Gasteiger partial charge in [0.15, 0.2) is 0 Å². The van der Waals surface area contributed by atoms with E-state index in [1.807, 2.05) is 19.9 Å². The van der Waals surface area contributed by atoms with Crippen LogP contribution in [0.5, 0.6) is 0 Å². The Hall–Kier alpha value is -1.62. The van der Waals surface area contributed by atoms with Crippen LogP contribution in [0, 0.1) is 13.8 Å². The van der Waals surface area contributed by atoms with E-state index < -0.39 is 0 Å². The summed E-state index contributed by atoms with van der Waals surface area (Å²) in [6.45, 7) is 3.70. The molecule has 0 unspecified atom stereocenters. The molecule has 5 nitrogen and oxygen atoms in total. The topological polar surface area (TPSA) is 64.1 Å². The maximum atomic E-state index is 8.82. The molecule has 0 aromatic carbocycles. The number of rotatable bonds is 2. The van der Waals surface area contributed by atoms with Gasteiger partial charge >= 0.3 is 6.01 Å². The summed E-state index contributed by atoms with van der Waals surface area (Å²) in [5, 5.41) is 13.0. The largest absolute Gasteiger partial charge is 0.430 e. The molecule has 2 aromatic heterocycles. The molecular formula is C9H11N3O2. The average molecular weight is 193 g/mol. The predicted octanol–water partition coefficient (Wildman–Crippen LogP) is 0.969. The normalized spacial score (nSPS) is 10.8. The fraction of sp³-hybridized carbons (Fsp3) is 0.333. The van der Waals surface area contributed by atoms with Crippen molar-refractivity contribution in [2.45, 2.75) is 20.5 Å². The molecule has 2 aromatic rings. The van der Waals surface area contributed by atoms with Gasteiger partial charge in [-0.3, -0.25) is 0 Å². The highest BCUT2D eigenvalue weighted by Gasteiger charge is 2.09. The van der Waals surface area contributed by atoms with Gasteiger partial charge in [0.1, 0.15) is 12.0 Å². The molecule has 2 rings (SSSR count). The van der Waals surface area contributed by atoms with Crippen molar-refractivity contribution >= 4 is 0 Å². The number of hydrogen-bond donors (Lipinski definition) is 1. The first-order valence-electron chi connectivity index (χ1n) is 4.29. The van der Waals surface area contributed by atoms with Crippen LogP contribution in [0.3, 0.4) is 0 Å². The van der Waals surface area contributed by atoms with Crippen molar-refractivity contribution in [3.05, 3.63) is 29.4 Å². The van der Waals surface area contributed by atoms with E-state index in [4.69, 9.17) is 9.52 Å². The quantitative estimate of drug-likeness (QED) is 0.771. The summed E-state index contributed by atoms with van der Waals surface area (Å²) in [6, 6.07) is 2.32. The monoisotopic (exact) mass is 193 g/mol. The first kappa shape index (κ1) is 8.96. The molecule has 0 aliphatic carbocycles. The van der Waals surface area contributed by atoms with E-state index in [1.54, 1.807) is 4.68 Å². The molecule has 0 aliphatic rings. The lowest BCUT2D eigenvalue weighted by molar-refractivity contribution is 0.276. The zero-order valence-electron chi connectivity index (χ0n) is 8.06. The molecule has 0 aliphatic heterocycles. The van der Waals surface area contributed by atoms with Gasteiger partial charge in [-0.1, -0.05) is 0 Å². The number of hydrogen-bond acceptors (Lipinski definition) is 4. The Bertz CT molecular complexity index is 445. The van der Waals surface area contributed by atoms with Crippen molar-refractivity contribution in [2.75, 3.05) is 0 Å². The van der Waals surface area contributed by atoms with Crippen molar-refractivity contribution in [1.29, 1.82) is 0 Å². The van der Waals surface area contributed by atoms with Gasteiger partial charge in [-0.15, -0.1) is 0 Å². The molecule has 2 heterocycles. The fourth-order valence-electron chi connectivity index (χ4n) is 1.29. The van der Waals surface area contributed by atoms with Gasteiger partial charge in [-0.2, -0.15) is 14.8 Å². The molecule has 1 N–H and O–H groups in total. The van der Waals surface area contributed by atoms with Crippen LogP contribution in [-0.2, 0) is 6.61 Å². The number of nitrogens with zero attached hydrogens (tertiary/aromatic N) is 3. The van der Waals surface area contributed by atoms with E-state index in [1.165, 1.54) is 6.26 Å². The number of aliphatic hydroxyl groups excluding tert-OH is 1. The Kier molecular flexibility index (Phi) is 2.09. The van der Waals surface area contributed by atoms with Crippen LogP contribution in [0.15, 0.2) is 16.7 Å². The Labute approximate surface area is 81.0 Å². The highest BCUT2D eigenvalue weighted by molar-refractivity contribution is 5.17.